The van der Waals surface area contributed by atoms with Crippen LogP contribution in [0.1, 0.15) is 12.5 Å². The average molecular weight is 319 g/mol. The van der Waals surface area contributed by atoms with E-state index in [0.29, 0.717) is 10.7 Å². The summed E-state index contributed by atoms with van der Waals surface area (Å²) in [4.78, 5) is 12.0. The first-order valence-electron chi connectivity index (χ1n) is 7.03. The van der Waals surface area contributed by atoms with Gasteiger partial charge in [0.2, 0.25) is 0 Å². The van der Waals surface area contributed by atoms with Gasteiger partial charge in [-0.2, -0.15) is 0 Å². The summed E-state index contributed by atoms with van der Waals surface area (Å²) < 4.78 is 5.20. The molecule has 0 bridgehead atoms. The number of hydrogen-bond donors (Lipinski definition) is 2. The molecule has 116 valence electrons. The second-order valence-corrected chi connectivity index (χ2v) is 5.50. The minimum Gasteiger partial charge on any atom is -0.497 e. The lowest BCUT2D eigenvalue weighted by atomic mass is 10.1. The molecule has 5 heteroatoms. The predicted molar refractivity (Wildman–Crippen MR) is 89.8 cm³/mol. The van der Waals surface area contributed by atoms with Crippen LogP contribution in [0.2, 0.25) is 5.02 Å². The Kier molecular flexibility index (Phi) is 5.67. The van der Waals surface area contributed by atoms with Gasteiger partial charge >= 0.3 is 6.03 Å². The Hall–Kier alpha value is -2.20. The molecule has 0 radical (unpaired) electrons. The third-order valence-corrected chi connectivity index (χ3v) is 3.37. The summed E-state index contributed by atoms with van der Waals surface area (Å²) in [6, 6.07) is 14.6. The molecule has 2 N–H and O–H groups in total. The molecule has 0 aliphatic heterocycles. The lowest BCUT2D eigenvalue weighted by Crippen LogP contribution is -2.37. The zero-order chi connectivity index (χ0) is 15.9. The number of methoxy groups -OCH3 is 1. The van der Waals surface area contributed by atoms with Gasteiger partial charge in [-0.05, 0) is 49.2 Å². The lowest BCUT2D eigenvalue weighted by Gasteiger charge is -2.15. The van der Waals surface area contributed by atoms with Crippen molar-refractivity contribution in [3.05, 3.63) is 59.1 Å². The van der Waals surface area contributed by atoms with Gasteiger partial charge < -0.3 is 15.4 Å². The highest BCUT2D eigenvalue weighted by Crippen LogP contribution is 2.15. The van der Waals surface area contributed by atoms with Crippen molar-refractivity contribution in [1.29, 1.82) is 0 Å². The zero-order valence-electron chi connectivity index (χ0n) is 12.6. The van der Waals surface area contributed by atoms with Crippen LogP contribution >= 0.6 is 11.6 Å². The van der Waals surface area contributed by atoms with Crippen LogP contribution in [-0.4, -0.2) is 19.2 Å². The van der Waals surface area contributed by atoms with E-state index in [9.17, 15) is 4.79 Å². The fourth-order valence-electron chi connectivity index (χ4n) is 2.16. The third-order valence-electron chi connectivity index (χ3n) is 3.14. The van der Waals surface area contributed by atoms with E-state index >= 15 is 0 Å². The molecule has 0 aliphatic rings. The third kappa shape index (κ3) is 4.97. The van der Waals surface area contributed by atoms with Crippen LogP contribution in [0.4, 0.5) is 10.5 Å². The highest BCUT2D eigenvalue weighted by atomic mass is 35.5. The van der Waals surface area contributed by atoms with Gasteiger partial charge in [0.25, 0.3) is 0 Å². The molecule has 1 unspecified atom stereocenters. The number of rotatable bonds is 5. The molecular formula is C17H19ClN2O2. The predicted octanol–water partition coefficient (Wildman–Crippen LogP) is 4.10. The molecule has 22 heavy (non-hydrogen) atoms. The number of amides is 2. The number of hydrogen-bond acceptors (Lipinski definition) is 2. The van der Waals surface area contributed by atoms with Crippen LogP contribution in [0.25, 0.3) is 0 Å². The van der Waals surface area contributed by atoms with Gasteiger partial charge in [-0.25, -0.2) is 4.79 Å². The summed E-state index contributed by atoms with van der Waals surface area (Å²) >= 11 is 5.89. The van der Waals surface area contributed by atoms with Crippen LogP contribution in [0.5, 0.6) is 5.75 Å². The highest BCUT2D eigenvalue weighted by molar-refractivity contribution is 6.30. The first kappa shape index (κ1) is 16.2. The fourth-order valence-corrected chi connectivity index (χ4v) is 2.35. The Morgan fingerprint density at radius 1 is 1.23 bits per heavy atom. The SMILES string of the molecule is COc1cccc(CC(C)NC(=O)Nc2cccc(Cl)c2)c1. The van der Waals surface area contributed by atoms with Crippen LogP contribution in [-0.2, 0) is 6.42 Å². The molecule has 1 atom stereocenters. The molecule has 0 spiro atoms. The zero-order valence-corrected chi connectivity index (χ0v) is 13.4. The van der Waals surface area contributed by atoms with Crippen molar-refractivity contribution in [2.75, 3.05) is 12.4 Å². The molecule has 0 heterocycles. The summed E-state index contributed by atoms with van der Waals surface area (Å²) in [6.45, 7) is 1.96. The van der Waals surface area contributed by atoms with E-state index in [1.54, 1.807) is 31.4 Å². The van der Waals surface area contributed by atoms with Crippen LogP contribution < -0.4 is 15.4 Å². The number of ether oxygens (including phenoxy) is 1. The molecule has 0 fully saturated rings. The fraction of sp³-hybridized carbons (Fsp3) is 0.235. The monoisotopic (exact) mass is 318 g/mol. The summed E-state index contributed by atoms with van der Waals surface area (Å²) in [7, 11) is 1.64. The molecule has 0 saturated heterocycles. The van der Waals surface area contributed by atoms with E-state index < -0.39 is 0 Å². The first-order chi connectivity index (χ1) is 10.6. The minimum absolute atomic E-state index is 0.00806. The van der Waals surface area contributed by atoms with Gasteiger partial charge in [0, 0.05) is 16.8 Å². The number of carbonyl (C=O) groups excluding carboxylic acids is 1. The maximum absolute atomic E-state index is 12.0. The molecule has 2 aromatic rings. The topological polar surface area (TPSA) is 50.4 Å². The molecule has 0 aromatic heterocycles. The van der Waals surface area contributed by atoms with Gasteiger partial charge in [-0.15, -0.1) is 0 Å². The van der Waals surface area contributed by atoms with Crippen LogP contribution in [0, 0.1) is 0 Å². The number of carbonyl (C=O) groups is 1. The second kappa shape index (κ2) is 7.71. The van der Waals surface area contributed by atoms with E-state index in [1.807, 2.05) is 31.2 Å². The maximum Gasteiger partial charge on any atom is 0.319 e. The number of halogens is 1. The molecule has 4 nitrogen and oxygen atoms in total. The lowest BCUT2D eigenvalue weighted by molar-refractivity contribution is 0.249. The average Bonchev–Trinajstić information content (AvgIpc) is 2.47. The standard InChI is InChI=1S/C17H19ClN2O2/c1-12(9-13-5-3-8-16(10-13)22-2)19-17(21)20-15-7-4-6-14(18)11-15/h3-8,10-12H,9H2,1-2H3,(H2,19,20,21). The van der Waals surface area contributed by atoms with E-state index in [4.69, 9.17) is 16.3 Å². The van der Waals surface area contributed by atoms with Crippen molar-refractivity contribution < 1.29 is 9.53 Å². The highest BCUT2D eigenvalue weighted by Gasteiger charge is 2.09. The molecular weight excluding hydrogens is 300 g/mol. The van der Waals surface area contributed by atoms with Crippen molar-refractivity contribution in [2.24, 2.45) is 0 Å². The molecule has 2 aromatic carbocycles. The Bertz CT molecular complexity index is 646. The Labute approximate surface area is 135 Å². The normalized spacial score (nSPS) is 11.6. The van der Waals surface area contributed by atoms with Gasteiger partial charge in [-0.3, -0.25) is 0 Å². The second-order valence-electron chi connectivity index (χ2n) is 5.07. The molecule has 2 amide bonds. The smallest absolute Gasteiger partial charge is 0.319 e. The summed E-state index contributed by atoms with van der Waals surface area (Å²) in [5.41, 5.74) is 1.77. The number of urea groups is 1. The van der Waals surface area contributed by atoms with Crippen LogP contribution in [0.3, 0.4) is 0 Å². The van der Waals surface area contributed by atoms with Gasteiger partial charge in [0.1, 0.15) is 5.75 Å². The summed E-state index contributed by atoms with van der Waals surface area (Å²) in [6.07, 6.45) is 0.722. The van der Waals surface area contributed by atoms with Crippen LogP contribution in [0.15, 0.2) is 48.5 Å². The van der Waals surface area contributed by atoms with Crippen molar-refractivity contribution in [1.82, 2.24) is 5.32 Å². The largest absolute Gasteiger partial charge is 0.497 e. The Balaban J connectivity index is 1.88. The summed E-state index contributed by atoms with van der Waals surface area (Å²) in [5, 5.41) is 6.25. The first-order valence-corrected chi connectivity index (χ1v) is 7.40. The van der Waals surface area contributed by atoms with Crippen molar-refractivity contribution in [3.8, 4) is 5.75 Å². The van der Waals surface area contributed by atoms with Gasteiger partial charge in [0.05, 0.1) is 7.11 Å². The van der Waals surface area contributed by atoms with Gasteiger partial charge in [0.15, 0.2) is 0 Å². The van der Waals surface area contributed by atoms with E-state index in [0.717, 1.165) is 17.7 Å². The van der Waals surface area contributed by atoms with E-state index in [1.165, 1.54) is 0 Å². The molecule has 0 aliphatic carbocycles. The molecule has 0 saturated carbocycles. The number of nitrogens with one attached hydrogen (secondary N) is 2. The van der Waals surface area contributed by atoms with E-state index in [-0.39, 0.29) is 12.1 Å². The number of benzene rings is 2. The van der Waals surface area contributed by atoms with E-state index in [2.05, 4.69) is 10.6 Å². The maximum atomic E-state index is 12.0. The van der Waals surface area contributed by atoms with Crippen molar-refractivity contribution >= 4 is 23.3 Å². The van der Waals surface area contributed by atoms with Crippen molar-refractivity contribution in [2.45, 2.75) is 19.4 Å². The number of anilines is 1. The van der Waals surface area contributed by atoms with Gasteiger partial charge in [-0.1, -0.05) is 29.8 Å². The minimum atomic E-state index is -0.252. The Morgan fingerprint density at radius 2 is 2.00 bits per heavy atom. The van der Waals surface area contributed by atoms with Crippen molar-refractivity contribution in [3.63, 3.8) is 0 Å². The quantitative estimate of drug-likeness (QED) is 0.872. The molecule has 2 rings (SSSR count). The Morgan fingerprint density at radius 3 is 2.73 bits per heavy atom. The summed E-state index contributed by atoms with van der Waals surface area (Å²) in [5.74, 6) is 0.813.